The van der Waals surface area contributed by atoms with Gasteiger partial charge in [0.15, 0.2) is 11.1 Å². The molecule has 0 bridgehead atoms. The number of hydrogen-bond acceptors (Lipinski definition) is 4. The van der Waals surface area contributed by atoms with Gasteiger partial charge in [-0.25, -0.2) is 0 Å². The second-order valence-electron chi connectivity index (χ2n) is 2.26. The van der Waals surface area contributed by atoms with E-state index in [1.165, 1.54) is 11.3 Å². The summed E-state index contributed by atoms with van der Waals surface area (Å²) in [5.74, 6) is 0. The van der Waals surface area contributed by atoms with E-state index in [0.29, 0.717) is 11.3 Å². The third-order valence-corrected chi connectivity index (χ3v) is 2.27. The minimum Gasteiger partial charge on any atom is -0.354 e. The number of rotatable bonds is 4. The van der Waals surface area contributed by atoms with Gasteiger partial charge in [-0.1, -0.05) is 0 Å². The van der Waals surface area contributed by atoms with Crippen molar-refractivity contribution in [2.24, 2.45) is 0 Å². The van der Waals surface area contributed by atoms with Gasteiger partial charge < -0.3 is 14.0 Å². The molecule has 0 aromatic carbocycles. The molecule has 0 aliphatic heterocycles. The molecule has 0 saturated carbocycles. The quantitative estimate of drug-likeness (QED) is 0.705. The summed E-state index contributed by atoms with van der Waals surface area (Å²) < 4.78 is 11.8. The fraction of sp³-hybridized carbons (Fsp3) is 0.571. The number of aromatic nitrogens is 1. The van der Waals surface area contributed by atoms with Crippen molar-refractivity contribution in [3.05, 3.63) is 16.4 Å². The summed E-state index contributed by atoms with van der Waals surface area (Å²) in [5, 5.41) is 9.33. The zero-order valence-corrected chi connectivity index (χ0v) is 7.93. The first kappa shape index (κ1) is 9.44. The maximum absolute atomic E-state index is 7.46. The molecule has 1 aromatic rings. The largest absolute Gasteiger partial charge is 0.354 e. The molecule has 0 unspecified atom stereocenters. The molecule has 4 nitrogen and oxygen atoms in total. The van der Waals surface area contributed by atoms with Crippen LogP contribution in [0.4, 0.5) is 0 Å². The lowest BCUT2D eigenvalue weighted by molar-refractivity contribution is -0.111. The Balaban J connectivity index is 2.62. The molecule has 5 heteroatoms. The second kappa shape index (κ2) is 4.39. The average molecular weight is 188 g/mol. The van der Waals surface area contributed by atoms with Gasteiger partial charge in [-0.3, -0.25) is 5.41 Å². The highest BCUT2D eigenvalue weighted by atomic mass is 32.1. The van der Waals surface area contributed by atoms with Crippen LogP contribution < -0.4 is 4.80 Å². The minimum atomic E-state index is -0.270. The van der Waals surface area contributed by atoms with E-state index in [1.54, 1.807) is 18.8 Å². The SMILES string of the molecule is COC(Cn1ccsc1=N)OC. The lowest BCUT2D eigenvalue weighted by Crippen LogP contribution is -2.25. The molecule has 0 aliphatic rings. The molecule has 1 heterocycles. The van der Waals surface area contributed by atoms with E-state index in [2.05, 4.69) is 0 Å². The zero-order valence-electron chi connectivity index (χ0n) is 7.11. The van der Waals surface area contributed by atoms with Gasteiger partial charge in [0.2, 0.25) is 0 Å². The maximum atomic E-state index is 7.46. The average Bonchev–Trinajstić information content (AvgIpc) is 2.47. The normalized spacial score (nSPS) is 10.9. The summed E-state index contributed by atoms with van der Waals surface area (Å²) in [6.07, 6.45) is 1.58. The minimum absolute atomic E-state index is 0.270. The number of thiazole rings is 1. The Labute approximate surface area is 74.9 Å². The van der Waals surface area contributed by atoms with Crippen LogP contribution in [0.2, 0.25) is 0 Å². The highest BCUT2D eigenvalue weighted by Crippen LogP contribution is 1.96. The van der Waals surface area contributed by atoms with Crippen LogP contribution in [0.5, 0.6) is 0 Å². The van der Waals surface area contributed by atoms with Crippen molar-refractivity contribution >= 4 is 11.3 Å². The van der Waals surface area contributed by atoms with Gasteiger partial charge in [0, 0.05) is 25.8 Å². The Bertz CT molecular complexity index is 277. The Morgan fingerprint density at radius 3 is 2.67 bits per heavy atom. The van der Waals surface area contributed by atoms with E-state index in [1.807, 2.05) is 11.6 Å². The van der Waals surface area contributed by atoms with Crippen molar-refractivity contribution in [1.29, 1.82) is 5.41 Å². The maximum Gasteiger partial charge on any atom is 0.181 e. The van der Waals surface area contributed by atoms with Crippen molar-refractivity contribution in [2.75, 3.05) is 14.2 Å². The molecule has 1 rings (SSSR count). The molecule has 68 valence electrons. The van der Waals surface area contributed by atoms with Gasteiger partial charge in [0.05, 0.1) is 6.54 Å². The van der Waals surface area contributed by atoms with Gasteiger partial charge in [0.1, 0.15) is 0 Å². The van der Waals surface area contributed by atoms with E-state index >= 15 is 0 Å². The van der Waals surface area contributed by atoms with Crippen LogP contribution >= 0.6 is 11.3 Å². The third-order valence-electron chi connectivity index (χ3n) is 1.55. The van der Waals surface area contributed by atoms with Crippen LogP contribution in [0.15, 0.2) is 11.6 Å². The van der Waals surface area contributed by atoms with Gasteiger partial charge in [-0.2, -0.15) is 0 Å². The second-order valence-corrected chi connectivity index (χ2v) is 3.16. The van der Waals surface area contributed by atoms with Crippen LogP contribution in [-0.4, -0.2) is 25.1 Å². The number of nitrogens with zero attached hydrogens (tertiary/aromatic N) is 1. The smallest absolute Gasteiger partial charge is 0.181 e. The van der Waals surface area contributed by atoms with Crippen LogP contribution in [0.1, 0.15) is 0 Å². The lowest BCUT2D eigenvalue weighted by atomic mass is 10.6. The van der Waals surface area contributed by atoms with Crippen molar-refractivity contribution in [2.45, 2.75) is 12.8 Å². The summed E-state index contributed by atoms with van der Waals surface area (Å²) in [4.78, 5) is 0.508. The molecule has 0 fully saturated rings. The van der Waals surface area contributed by atoms with Gasteiger partial charge in [-0.05, 0) is 0 Å². The molecule has 0 aliphatic carbocycles. The number of hydrogen-bond donors (Lipinski definition) is 1. The Hall–Kier alpha value is -0.650. The molecule has 0 spiro atoms. The topological polar surface area (TPSA) is 47.2 Å². The summed E-state index contributed by atoms with van der Waals surface area (Å²) in [5.41, 5.74) is 0. The van der Waals surface area contributed by atoms with Crippen LogP contribution in [-0.2, 0) is 16.0 Å². The van der Waals surface area contributed by atoms with Crippen molar-refractivity contribution in [3.8, 4) is 0 Å². The first-order valence-corrected chi connectivity index (χ1v) is 4.40. The molecule has 0 saturated heterocycles. The van der Waals surface area contributed by atoms with E-state index in [-0.39, 0.29) is 6.29 Å². The summed E-state index contributed by atoms with van der Waals surface area (Å²) in [6.45, 7) is 0.565. The molecule has 0 atom stereocenters. The first-order valence-electron chi connectivity index (χ1n) is 3.52. The standard InChI is InChI=1S/C7H12N2O2S/c1-10-6(11-2)5-9-3-4-12-7(9)8/h3-4,6,8H,5H2,1-2H3. The van der Waals surface area contributed by atoms with E-state index < -0.39 is 0 Å². The van der Waals surface area contributed by atoms with Gasteiger partial charge >= 0.3 is 0 Å². The number of methoxy groups -OCH3 is 2. The fourth-order valence-electron chi connectivity index (χ4n) is 0.853. The molecule has 0 amide bonds. The first-order chi connectivity index (χ1) is 5.77. The van der Waals surface area contributed by atoms with Crippen LogP contribution in [0.25, 0.3) is 0 Å². The predicted molar refractivity (Wildman–Crippen MR) is 46.0 cm³/mol. The molecule has 0 radical (unpaired) electrons. The molecule has 12 heavy (non-hydrogen) atoms. The van der Waals surface area contributed by atoms with Crippen LogP contribution in [0.3, 0.4) is 0 Å². The van der Waals surface area contributed by atoms with E-state index in [4.69, 9.17) is 14.9 Å². The highest BCUT2D eigenvalue weighted by Gasteiger charge is 2.05. The lowest BCUT2D eigenvalue weighted by Gasteiger charge is -2.13. The predicted octanol–water partition coefficient (Wildman–Crippen LogP) is 0.648. The monoisotopic (exact) mass is 188 g/mol. The Morgan fingerprint density at radius 1 is 1.58 bits per heavy atom. The van der Waals surface area contributed by atoms with Gasteiger partial charge in [0.25, 0.3) is 0 Å². The van der Waals surface area contributed by atoms with E-state index in [9.17, 15) is 0 Å². The van der Waals surface area contributed by atoms with Gasteiger partial charge in [-0.15, -0.1) is 11.3 Å². The Kier molecular flexibility index (Phi) is 3.46. The molecular formula is C7H12N2O2S. The number of nitrogens with one attached hydrogen (secondary N) is 1. The van der Waals surface area contributed by atoms with E-state index in [0.717, 1.165) is 0 Å². The van der Waals surface area contributed by atoms with Crippen LogP contribution in [0, 0.1) is 5.41 Å². The summed E-state index contributed by atoms with van der Waals surface area (Å²) in [6, 6.07) is 0. The fourth-order valence-corrected chi connectivity index (χ4v) is 1.46. The highest BCUT2D eigenvalue weighted by molar-refractivity contribution is 7.06. The van der Waals surface area contributed by atoms with Crippen molar-refractivity contribution < 1.29 is 9.47 Å². The summed E-state index contributed by atoms with van der Waals surface area (Å²) in [7, 11) is 3.18. The third kappa shape index (κ3) is 2.17. The van der Waals surface area contributed by atoms with Crippen molar-refractivity contribution in [1.82, 2.24) is 4.57 Å². The number of ether oxygens (including phenoxy) is 2. The summed E-state index contributed by atoms with van der Waals surface area (Å²) >= 11 is 1.39. The van der Waals surface area contributed by atoms with Crippen molar-refractivity contribution in [3.63, 3.8) is 0 Å². The molecule has 1 aromatic heterocycles. The zero-order chi connectivity index (χ0) is 8.97. The molecule has 1 N–H and O–H groups in total. The Morgan fingerprint density at radius 2 is 2.25 bits per heavy atom. The molecular weight excluding hydrogens is 176 g/mol.